The molecule has 28 heavy (non-hydrogen) atoms. The van der Waals surface area contributed by atoms with E-state index in [1.54, 1.807) is 6.20 Å². The second kappa shape index (κ2) is 5.79. The van der Waals surface area contributed by atoms with Gasteiger partial charge in [-0.05, 0) is 48.5 Å². The van der Waals surface area contributed by atoms with Gasteiger partial charge in [0.2, 0.25) is 0 Å². The third-order valence-corrected chi connectivity index (χ3v) is 5.19. The molecular weight excluding hydrogens is 344 g/mol. The summed E-state index contributed by atoms with van der Waals surface area (Å²) < 4.78 is 2.26. The van der Waals surface area contributed by atoms with Crippen molar-refractivity contribution in [2.75, 3.05) is 4.90 Å². The number of para-hydroxylation sites is 4. The van der Waals surface area contributed by atoms with Gasteiger partial charge in [-0.3, -0.25) is 9.55 Å². The topological polar surface area (TPSA) is 34.0 Å². The smallest absolute Gasteiger partial charge is 0.147 e. The molecule has 0 radical (unpaired) electrons. The first-order valence-electron chi connectivity index (χ1n) is 9.28. The third-order valence-electron chi connectivity index (χ3n) is 5.19. The zero-order valence-corrected chi connectivity index (χ0v) is 15.0. The van der Waals surface area contributed by atoms with Crippen LogP contribution in [0.2, 0.25) is 0 Å². The number of pyridine rings is 1. The predicted octanol–water partition coefficient (Wildman–Crippen LogP) is 5.87. The Labute approximate surface area is 162 Å². The summed E-state index contributed by atoms with van der Waals surface area (Å²) in [6.45, 7) is 0. The summed E-state index contributed by atoms with van der Waals surface area (Å²) in [5.41, 5.74) is 7.62. The van der Waals surface area contributed by atoms with Crippen LogP contribution in [0.3, 0.4) is 0 Å². The normalized spacial score (nSPS) is 12.2. The summed E-state index contributed by atoms with van der Waals surface area (Å²) in [4.78, 5) is 11.6. The van der Waals surface area contributed by atoms with Crippen LogP contribution in [0.5, 0.6) is 0 Å². The highest BCUT2D eigenvalue weighted by Gasteiger charge is 2.28. The summed E-state index contributed by atoms with van der Waals surface area (Å²) in [7, 11) is 0. The van der Waals surface area contributed by atoms with Gasteiger partial charge in [-0.15, -0.1) is 0 Å². The Morgan fingerprint density at radius 2 is 1.43 bits per heavy atom. The van der Waals surface area contributed by atoms with Crippen molar-refractivity contribution in [2.24, 2.45) is 0 Å². The van der Waals surface area contributed by atoms with Crippen molar-refractivity contribution in [1.29, 1.82) is 0 Å². The number of imidazole rings is 1. The van der Waals surface area contributed by atoms with Gasteiger partial charge < -0.3 is 4.90 Å². The lowest BCUT2D eigenvalue weighted by Gasteiger charge is -2.32. The molecule has 4 nitrogen and oxygen atoms in total. The van der Waals surface area contributed by atoms with Crippen molar-refractivity contribution < 1.29 is 0 Å². The average Bonchev–Trinajstić information content (AvgIpc) is 3.17. The molecular formula is C24H16N4. The standard InChI is InChI=1S/C24H16N4/c1-2-9-18(10-3-1)27-20-12-4-5-13-21(20)28-23-19(11-6-14-22(23)27)26-24(28)17-8-7-15-25-16-17/h1-16H. The highest BCUT2D eigenvalue weighted by atomic mass is 15.2. The fraction of sp³-hybridized carbons (Fsp3) is 0. The molecule has 6 rings (SSSR count). The minimum absolute atomic E-state index is 0.913. The number of rotatable bonds is 2. The average molecular weight is 360 g/mol. The van der Waals surface area contributed by atoms with Gasteiger partial charge in [0.15, 0.2) is 0 Å². The number of fused-ring (bicyclic) bond motifs is 2. The summed E-state index contributed by atoms with van der Waals surface area (Å²) in [6, 6.07) is 29.3. The monoisotopic (exact) mass is 360 g/mol. The fourth-order valence-electron chi connectivity index (χ4n) is 4.04. The van der Waals surface area contributed by atoms with Gasteiger partial charge in [0, 0.05) is 23.6 Å². The van der Waals surface area contributed by atoms with Crippen molar-refractivity contribution in [1.82, 2.24) is 14.5 Å². The summed E-state index contributed by atoms with van der Waals surface area (Å²) in [5, 5.41) is 0. The largest absolute Gasteiger partial charge is 0.306 e. The zero-order valence-electron chi connectivity index (χ0n) is 15.0. The second-order valence-corrected chi connectivity index (χ2v) is 6.82. The number of nitrogens with zero attached hydrogens (tertiary/aromatic N) is 4. The van der Waals surface area contributed by atoms with Crippen LogP contribution in [0.4, 0.5) is 17.1 Å². The van der Waals surface area contributed by atoms with Crippen LogP contribution < -0.4 is 4.90 Å². The maximum absolute atomic E-state index is 4.98. The Morgan fingerprint density at radius 3 is 2.25 bits per heavy atom. The van der Waals surface area contributed by atoms with Crippen LogP contribution in [0, 0.1) is 0 Å². The van der Waals surface area contributed by atoms with Gasteiger partial charge in [-0.25, -0.2) is 4.98 Å². The third kappa shape index (κ3) is 2.06. The molecule has 4 heteroatoms. The van der Waals surface area contributed by atoms with Crippen molar-refractivity contribution in [3.63, 3.8) is 0 Å². The van der Waals surface area contributed by atoms with Crippen molar-refractivity contribution in [3.05, 3.63) is 97.3 Å². The van der Waals surface area contributed by atoms with Gasteiger partial charge in [0.1, 0.15) is 5.82 Å². The molecule has 1 aliphatic heterocycles. The van der Waals surface area contributed by atoms with Crippen LogP contribution in [0.1, 0.15) is 0 Å². The predicted molar refractivity (Wildman–Crippen MR) is 113 cm³/mol. The van der Waals surface area contributed by atoms with Gasteiger partial charge >= 0.3 is 0 Å². The number of hydrogen-bond donors (Lipinski definition) is 0. The zero-order chi connectivity index (χ0) is 18.5. The van der Waals surface area contributed by atoms with E-state index in [-0.39, 0.29) is 0 Å². The molecule has 3 heterocycles. The molecule has 0 unspecified atom stereocenters. The van der Waals surface area contributed by atoms with Gasteiger partial charge in [0.25, 0.3) is 0 Å². The van der Waals surface area contributed by atoms with Crippen molar-refractivity contribution in [3.8, 4) is 17.1 Å². The van der Waals surface area contributed by atoms with E-state index in [4.69, 9.17) is 4.98 Å². The summed E-state index contributed by atoms with van der Waals surface area (Å²) in [5.74, 6) is 0.913. The van der Waals surface area contributed by atoms with Crippen LogP contribution in [0.25, 0.3) is 28.1 Å². The molecule has 0 spiro atoms. The van der Waals surface area contributed by atoms with Crippen LogP contribution >= 0.6 is 0 Å². The Hall–Kier alpha value is -3.92. The Bertz CT molecular complexity index is 1310. The molecule has 0 aliphatic carbocycles. The van der Waals surface area contributed by atoms with E-state index in [1.165, 1.54) is 0 Å². The number of anilines is 3. The molecule has 0 N–H and O–H groups in total. The molecule has 0 amide bonds. The Kier molecular flexibility index (Phi) is 3.14. The van der Waals surface area contributed by atoms with Crippen LogP contribution in [-0.4, -0.2) is 14.5 Å². The minimum Gasteiger partial charge on any atom is -0.306 e. The van der Waals surface area contributed by atoms with Crippen LogP contribution in [0.15, 0.2) is 97.3 Å². The molecule has 132 valence electrons. The lowest BCUT2D eigenvalue weighted by Crippen LogP contribution is -2.18. The minimum atomic E-state index is 0.913. The Balaban J connectivity index is 1.75. The molecule has 0 saturated carbocycles. The summed E-state index contributed by atoms with van der Waals surface area (Å²) in [6.07, 6.45) is 3.66. The fourth-order valence-corrected chi connectivity index (χ4v) is 4.04. The first kappa shape index (κ1) is 15.2. The van der Waals surface area contributed by atoms with E-state index < -0.39 is 0 Å². The van der Waals surface area contributed by atoms with Crippen LogP contribution in [-0.2, 0) is 0 Å². The van der Waals surface area contributed by atoms with Gasteiger partial charge in [-0.1, -0.05) is 36.4 Å². The Morgan fingerprint density at radius 1 is 0.643 bits per heavy atom. The highest BCUT2D eigenvalue weighted by molar-refractivity contribution is 6.02. The molecule has 0 fully saturated rings. The van der Waals surface area contributed by atoms with E-state index in [0.29, 0.717) is 0 Å². The first-order valence-corrected chi connectivity index (χ1v) is 9.28. The summed E-state index contributed by atoms with van der Waals surface area (Å²) >= 11 is 0. The van der Waals surface area contributed by atoms with E-state index in [2.05, 4.69) is 87.2 Å². The maximum atomic E-state index is 4.98. The maximum Gasteiger partial charge on any atom is 0.147 e. The molecule has 0 saturated heterocycles. The van der Waals surface area contributed by atoms with Gasteiger partial charge in [-0.2, -0.15) is 0 Å². The first-order chi connectivity index (χ1) is 13.9. The molecule has 3 aromatic carbocycles. The molecule has 2 aromatic heterocycles. The number of hydrogen-bond acceptors (Lipinski definition) is 3. The van der Waals surface area contributed by atoms with E-state index in [0.717, 1.165) is 45.2 Å². The SMILES string of the molecule is c1ccc(N2c3ccccc3-n3c(-c4cccnc4)nc4cccc2c43)cc1. The molecule has 5 aromatic rings. The number of benzene rings is 3. The van der Waals surface area contributed by atoms with Gasteiger partial charge in [0.05, 0.1) is 28.1 Å². The van der Waals surface area contributed by atoms with E-state index in [1.807, 2.05) is 18.3 Å². The quantitative estimate of drug-likeness (QED) is 0.387. The lowest BCUT2D eigenvalue weighted by molar-refractivity contribution is 1.06. The molecule has 0 bridgehead atoms. The second-order valence-electron chi connectivity index (χ2n) is 6.82. The van der Waals surface area contributed by atoms with E-state index >= 15 is 0 Å². The van der Waals surface area contributed by atoms with Crippen molar-refractivity contribution >= 4 is 28.1 Å². The number of aromatic nitrogens is 3. The van der Waals surface area contributed by atoms with E-state index in [9.17, 15) is 0 Å². The molecule has 0 atom stereocenters. The highest BCUT2D eigenvalue weighted by Crippen LogP contribution is 2.47. The lowest BCUT2D eigenvalue weighted by atomic mass is 10.1. The van der Waals surface area contributed by atoms with Crippen molar-refractivity contribution in [2.45, 2.75) is 0 Å². The molecule has 1 aliphatic rings.